The largest absolute Gasteiger partial charge is 0.474 e. The zero-order chi connectivity index (χ0) is 26.1. The molecule has 0 amide bonds. The number of ether oxygens (including phenoxy) is 2. The van der Waals surface area contributed by atoms with Crippen LogP contribution in [0.1, 0.15) is 50.3 Å². The van der Waals surface area contributed by atoms with Gasteiger partial charge in [-0.25, -0.2) is 0 Å². The molecule has 194 valence electrons. The summed E-state index contributed by atoms with van der Waals surface area (Å²) in [7, 11) is 0. The van der Waals surface area contributed by atoms with Crippen molar-refractivity contribution in [2.24, 2.45) is 0 Å². The highest BCUT2D eigenvalue weighted by molar-refractivity contribution is 5.87. The number of carbonyl (C=O) groups excluding carboxylic acids is 1. The molecule has 7 heteroatoms. The van der Waals surface area contributed by atoms with Crippen molar-refractivity contribution in [2.75, 3.05) is 11.9 Å². The van der Waals surface area contributed by atoms with E-state index in [-0.39, 0.29) is 12.1 Å². The molecule has 0 spiro atoms. The quantitative estimate of drug-likeness (QED) is 0.244. The predicted molar refractivity (Wildman–Crippen MR) is 145 cm³/mol. The molecule has 0 bridgehead atoms. The van der Waals surface area contributed by atoms with E-state index in [2.05, 4.69) is 39.7 Å². The maximum atomic E-state index is 12.4. The summed E-state index contributed by atoms with van der Waals surface area (Å²) in [4.78, 5) is 17.0. The number of pyridine rings is 1. The minimum atomic E-state index is -0.455. The Labute approximate surface area is 222 Å². The first kappa shape index (κ1) is 24.2. The van der Waals surface area contributed by atoms with Gasteiger partial charge in [-0.05, 0) is 68.7 Å². The molecule has 0 aliphatic heterocycles. The predicted octanol–water partition coefficient (Wildman–Crippen LogP) is 6.98. The number of nitrogens with one attached hydrogen (secondary N) is 1. The van der Waals surface area contributed by atoms with E-state index >= 15 is 0 Å². The number of nitrogens with zero attached hydrogens (tertiary/aromatic N) is 2. The molecular formula is C31H31N3O4. The van der Waals surface area contributed by atoms with E-state index in [1.807, 2.05) is 56.3 Å². The fraction of sp³-hybridized carbons (Fsp3) is 0.323. The summed E-state index contributed by atoms with van der Waals surface area (Å²) in [5, 5.41) is 7.57. The summed E-state index contributed by atoms with van der Waals surface area (Å²) in [6.07, 6.45) is 5.35. The average molecular weight is 510 g/mol. The molecule has 0 radical (unpaired) electrons. The van der Waals surface area contributed by atoms with Crippen LogP contribution in [-0.4, -0.2) is 28.8 Å². The summed E-state index contributed by atoms with van der Waals surface area (Å²) in [5.41, 5.74) is 5.18. The second-order valence-corrected chi connectivity index (χ2v) is 10.1. The van der Waals surface area contributed by atoms with Crippen molar-refractivity contribution >= 4 is 17.5 Å². The van der Waals surface area contributed by atoms with Crippen LogP contribution in [0.4, 0.5) is 11.5 Å². The van der Waals surface area contributed by atoms with Gasteiger partial charge in [0.25, 0.3) is 0 Å². The highest BCUT2D eigenvalue weighted by Gasteiger charge is 2.52. The number of hydrogen-bond donors (Lipinski definition) is 1. The molecule has 2 heterocycles. The molecule has 2 aromatic carbocycles. The first-order valence-electron chi connectivity index (χ1n) is 13.3. The zero-order valence-corrected chi connectivity index (χ0v) is 21.7. The van der Waals surface area contributed by atoms with Gasteiger partial charge in [0.05, 0.1) is 12.0 Å². The van der Waals surface area contributed by atoms with Crippen LogP contribution in [0.5, 0.6) is 5.88 Å². The third-order valence-corrected chi connectivity index (χ3v) is 7.51. The van der Waals surface area contributed by atoms with Gasteiger partial charge in [0.2, 0.25) is 5.88 Å². The fourth-order valence-electron chi connectivity index (χ4n) is 4.85. The van der Waals surface area contributed by atoms with Gasteiger partial charge in [-0.1, -0.05) is 59.8 Å². The van der Waals surface area contributed by atoms with E-state index in [1.54, 1.807) is 0 Å². The lowest BCUT2D eigenvalue weighted by Gasteiger charge is -2.25. The summed E-state index contributed by atoms with van der Waals surface area (Å²) < 4.78 is 17.0. The van der Waals surface area contributed by atoms with Crippen LogP contribution in [0, 0.1) is 6.92 Å². The van der Waals surface area contributed by atoms with E-state index < -0.39 is 5.41 Å². The number of esters is 1. The monoisotopic (exact) mass is 509 g/mol. The fourth-order valence-corrected chi connectivity index (χ4v) is 4.85. The van der Waals surface area contributed by atoms with Crippen molar-refractivity contribution < 1.29 is 18.8 Å². The molecule has 2 aliphatic carbocycles. The zero-order valence-electron chi connectivity index (χ0n) is 21.7. The number of anilines is 2. The van der Waals surface area contributed by atoms with Crippen LogP contribution in [0.15, 0.2) is 71.3 Å². The van der Waals surface area contributed by atoms with E-state index in [1.165, 1.54) is 6.42 Å². The molecule has 6 rings (SSSR count). The lowest BCUT2D eigenvalue weighted by Crippen LogP contribution is -2.24. The van der Waals surface area contributed by atoms with Crippen LogP contribution in [-0.2, 0) is 14.9 Å². The summed E-state index contributed by atoms with van der Waals surface area (Å²) >= 11 is 0. The lowest BCUT2D eigenvalue weighted by molar-refractivity contribution is -0.146. The maximum absolute atomic E-state index is 12.4. The van der Waals surface area contributed by atoms with E-state index in [0.29, 0.717) is 24.1 Å². The molecule has 2 aliphatic rings. The number of hydrogen-bond acceptors (Lipinski definition) is 7. The van der Waals surface area contributed by atoms with Crippen LogP contribution in [0.2, 0.25) is 0 Å². The van der Waals surface area contributed by atoms with Gasteiger partial charge in [-0.2, -0.15) is 4.98 Å². The SMILES string of the molecule is CCOC(=O)C1(c2ccc(-c3ccc(-c4onc(C)c4Nc4cccc(OC5CCC5)n4)cc3)cc2)CC1. The number of aromatic nitrogens is 2. The Morgan fingerprint density at radius 1 is 1.00 bits per heavy atom. The third kappa shape index (κ3) is 4.64. The van der Waals surface area contributed by atoms with Gasteiger partial charge in [-0.15, -0.1) is 0 Å². The van der Waals surface area contributed by atoms with E-state index in [4.69, 9.17) is 14.0 Å². The molecule has 0 saturated heterocycles. The molecule has 2 aromatic heterocycles. The van der Waals surface area contributed by atoms with Crippen molar-refractivity contribution in [2.45, 2.75) is 57.5 Å². The molecule has 7 nitrogen and oxygen atoms in total. The Hall–Kier alpha value is -4.13. The Morgan fingerprint density at radius 3 is 2.32 bits per heavy atom. The Kier molecular flexibility index (Phi) is 6.35. The minimum Gasteiger partial charge on any atom is -0.474 e. The van der Waals surface area contributed by atoms with Gasteiger partial charge in [0.15, 0.2) is 5.76 Å². The van der Waals surface area contributed by atoms with Crippen LogP contribution in [0.25, 0.3) is 22.5 Å². The lowest BCUT2D eigenvalue weighted by atomic mass is 9.93. The van der Waals surface area contributed by atoms with Crippen LogP contribution < -0.4 is 10.1 Å². The van der Waals surface area contributed by atoms with E-state index in [0.717, 1.165) is 59.3 Å². The van der Waals surface area contributed by atoms with Crippen molar-refractivity contribution in [1.82, 2.24) is 10.1 Å². The van der Waals surface area contributed by atoms with Gasteiger partial charge < -0.3 is 19.3 Å². The molecule has 2 saturated carbocycles. The molecular weight excluding hydrogens is 478 g/mol. The standard InChI is InChI=1S/C31H31N3O4/c1-3-36-30(35)31(18-19-31)24-16-14-22(15-17-24)21-10-12-23(13-11-21)29-28(20(2)34-38-29)33-26-8-5-9-27(32-26)37-25-6-4-7-25/h5,8-17,25H,3-4,6-7,18-19H2,1-2H3,(H,32,33). The minimum absolute atomic E-state index is 0.114. The molecule has 0 atom stereocenters. The molecule has 2 fully saturated rings. The molecule has 38 heavy (non-hydrogen) atoms. The second-order valence-electron chi connectivity index (χ2n) is 10.1. The topological polar surface area (TPSA) is 86.5 Å². The molecule has 4 aromatic rings. The van der Waals surface area contributed by atoms with Gasteiger partial charge in [0.1, 0.15) is 23.3 Å². The van der Waals surface area contributed by atoms with Gasteiger partial charge >= 0.3 is 5.97 Å². The summed E-state index contributed by atoms with van der Waals surface area (Å²) in [5.74, 6) is 1.85. The number of rotatable bonds is 9. The number of benzene rings is 2. The summed E-state index contributed by atoms with van der Waals surface area (Å²) in [6, 6.07) is 22.1. The first-order valence-corrected chi connectivity index (χ1v) is 13.3. The van der Waals surface area contributed by atoms with Crippen molar-refractivity contribution in [1.29, 1.82) is 0 Å². The Balaban J connectivity index is 1.19. The number of aryl methyl sites for hydroxylation is 1. The summed E-state index contributed by atoms with van der Waals surface area (Å²) in [6.45, 7) is 4.16. The van der Waals surface area contributed by atoms with Crippen molar-refractivity contribution in [3.63, 3.8) is 0 Å². The van der Waals surface area contributed by atoms with Crippen LogP contribution >= 0.6 is 0 Å². The Bertz CT molecular complexity index is 1430. The smallest absolute Gasteiger partial charge is 0.316 e. The third-order valence-electron chi connectivity index (χ3n) is 7.51. The van der Waals surface area contributed by atoms with Crippen molar-refractivity contribution in [3.05, 3.63) is 78.0 Å². The molecule has 1 N–H and O–H groups in total. The maximum Gasteiger partial charge on any atom is 0.316 e. The van der Waals surface area contributed by atoms with Crippen molar-refractivity contribution in [3.8, 4) is 28.3 Å². The van der Waals surface area contributed by atoms with E-state index in [9.17, 15) is 4.79 Å². The second kappa shape index (κ2) is 9.97. The first-order chi connectivity index (χ1) is 18.6. The highest BCUT2D eigenvalue weighted by Crippen LogP contribution is 2.49. The number of carbonyl (C=O) groups is 1. The van der Waals surface area contributed by atoms with Crippen LogP contribution in [0.3, 0.4) is 0 Å². The Morgan fingerprint density at radius 2 is 1.68 bits per heavy atom. The van der Waals surface area contributed by atoms with Gasteiger partial charge in [-0.3, -0.25) is 4.79 Å². The normalized spacial score (nSPS) is 15.9. The molecule has 0 unspecified atom stereocenters. The highest BCUT2D eigenvalue weighted by atomic mass is 16.5. The van der Waals surface area contributed by atoms with Gasteiger partial charge in [0, 0.05) is 11.6 Å². The average Bonchev–Trinajstić information content (AvgIpc) is 3.66.